The van der Waals surface area contributed by atoms with Crippen LogP contribution in [0.15, 0.2) is 0 Å². The van der Waals surface area contributed by atoms with Crippen molar-refractivity contribution in [1.82, 2.24) is 25.5 Å². The maximum Gasteiger partial charge on any atom is 0.168 e. The van der Waals surface area contributed by atoms with Gasteiger partial charge in [0, 0.05) is 0 Å². The maximum atomic E-state index is 4.11. The first kappa shape index (κ1) is 10.5. The van der Waals surface area contributed by atoms with E-state index in [-0.39, 0.29) is 6.04 Å². The van der Waals surface area contributed by atoms with Crippen molar-refractivity contribution in [1.29, 1.82) is 0 Å². The number of tetrazole rings is 1. The number of rotatable bonds is 5. The molecule has 84 valence electrons. The molecule has 0 bridgehead atoms. The van der Waals surface area contributed by atoms with E-state index in [1.54, 1.807) is 0 Å². The molecule has 0 saturated heterocycles. The first-order valence-corrected chi connectivity index (χ1v) is 5.75. The zero-order valence-corrected chi connectivity index (χ0v) is 9.64. The van der Waals surface area contributed by atoms with Crippen LogP contribution in [0.2, 0.25) is 0 Å². The van der Waals surface area contributed by atoms with Crippen LogP contribution in [-0.2, 0) is 0 Å². The molecule has 0 spiro atoms. The van der Waals surface area contributed by atoms with Gasteiger partial charge in [-0.25, -0.2) is 4.68 Å². The highest BCUT2D eigenvalue weighted by molar-refractivity contribution is 4.94. The molecule has 2 atom stereocenters. The van der Waals surface area contributed by atoms with E-state index in [1.165, 1.54) is 12.8 Å². The average Bonchev–Trinajstić information content (AvgIpc) is 2.94. The summed E-state index contributed by atoms with van der Waals surface area (Å²) >= 11 is 0. The topological polar surface area (TPSA) is 55.6 Å². The molecular weight excluding hydrogens is 190 g/mol. The van der Waals surface area contributed by atoms with Crippen LogP contribution in [0, 0.1) is 5.92 Å². The van der Waals surface area contributed by atoms with E-state index in [0.29, 0.717) is 6.04 Å². The number of nitrogens with zero attached hydrogens (tertiary/aromatic N) is 4. The van der Waals surface area contributed by atoms with Crippen LogP contribution in [0.25, 0.3) is 0 Å². The molecule has 5 nitrogen and oxygen atoms in total. The highest BCUT2D eigenvalue weighted by Gasteiger charge is 2.32. The Morgan fingerprint density at radius 3 is 2.80 bits per heavy atom. The van der Waals surface area contributed by atoms with Gasteiger partial charge in [-0.2, -0.15) is 0 Å². The average molecular weight is 209 g/mol. The lowest BCUT2D eigenvalue weighted by Crippen LogP contribution is -2.24. The van der Waals surface area contributed by atoms with Crippen molar-refractivity contribution in [2.24, 2.45) is 5.92 Å². The Morgan fingerprint density at radius 1 is 1.47 bits per heavy atom. The van der Waals surface area contributed by atoms with Crippen LogP contribution in [0.4, 0.5) is 0 Å². The van der Waals surface area contributed by atoms with Gasteiger partial charge in [-0.15, -0.1) is 5.10 Å². The Kier molecular flexibility index (Phi) is 3.00. The van der Waals surface area contributed by atoms with Crippen LogP contribution in [0.1, 0.15) is 51.5 Å². The molecule has 1 aromatic heterocycles. The molecule has 0 amide bonds. The lowest BCUT2D eigenvalue weighted by Gasteiger charge is -2.16. The van der Waals surface area contributed by atoms with E-state index in [9.17, 15) is 0 Å². The second-order valence-electron chi connectivity index (χ2n) is 4.34. The maximum absolute atomic E-state index is 4.11. The molecule has 1 aliphatic carbocycles. The molecule has 1 heterocycles. The molecule has 15 heavy (non-hydrogen) atoms. The third kappa shape index (κ3) is 2.17. The van der Waals surface area contributed by atoms with Gasteiger partial charge in [-0.3, -0.25) is 0 Å². The molecule has 1 fully saturated rings. The minimum absolute atomic E-state index is 0.228. The quantitative estimate of drug-likeness (QED) is 0.794. The minimum atomic E-state index is 0.228. The molecule has 1 aromatic rings. The van der Waals surface area contributed by atoms with Gasteiger partial charge in [0.1, 0.15) is 0 Å². The third-order valence-corrected chi connectivity index (χ3v) is 3.11. The standard InChI is InChI=1S/C10H19N5/c1-4-11-7(2)10-12-13-14-15(10)8(3)9-5-6-9/h7-9,11H,4-6H2,1-3H3. The Morgan fingerprint density at radius 2 is 2.20 bits per heavy atom. The van der Waals surface area contributed by atoms with Crippen LogP contribution >= 0.6 is 0 Å². The van der Waals surface area contributed by atoms with Gasteiger partial charge < -0.3 is 5.32 Å². The smallest absolute Gasteiger partial charge is 0.168 e. The zero-order chi connectivity index (χ0) is 10.8. The summed E-state index contributed by atoms with van der Waals surface area (Å²) in [6.07, 6.45) is 2.63. The lowest BCUT2D eigenvalue weighted by molar-refractivity contribution is 0.395. The predicted octanol–water partition coefficient (Wildman–Crippen LogP) is 1.31. The zero-order valence-electron chi connectivity index (χ0n) is 9.64. The Labute approximate surface area is 90.2 Å². The Hall–Kier alpha value is -0.970. The number of hydrogen-bond acceptors (Lipinski definition) is 4. The summed E-state index contributed by atoms with van der Waals surface area (Å²) in [6, 6.07) is 0.669. The SMILES string of the molecule is CCNC(C)c1nnnn1C(C)C1CC1. The van der Waals surface area contributed by atoms with Crippen LogP contribution < -0.4 is 5.32 Å². The van der Waals surface area contributed by atoms with Crippen LogP contribution in [0.3, 0.4) is 0 Å². The monoisotopic (exact) mass is 209 g/mol. The van der Waals surface area contributed by atoms with Crippen molar-refractivity contribution < 1.29 is 0 Å². The second kappa shape index (κ2) is 4.26. The number of nitrogens with one attached hydrogen (secondary N) is 1. The van der Waals surface area contributed by atoms with E-state index in [1.807, 2.05) is 4.68 Å². The normalized spacial score (nSPS) is 20.2. The second-order valence-corrected chi connectivity index (χ2v) is 4.34. The molecule has 0 aliphatic heterocycles. The summed E-state index contributed by atoms with van der Waals surface area (Å²) in [4.78, 5) is 0. The Bertz CT molecular complexity index is 317. The summed E-state index contributed by atoms with van der Waals surface area (Å²) in [6.45, 7) is 7.34. The lowest BCUT2D eigenvalue weighted by atomic mass is 10.2. The molecule has 2 unspecified atom stereocenters. The highest BCUT2D eigenvalue weighted by Crippen LogP contribution is 2.39. The Balaban J connectivity index is 2.13. The summed E-state index contributed by atoms with van der Waals surface area (Å²) in [5.74, 6) is 1.73. The summed E-state index contributed by atoms with van der Waals surface area (Å²) in [5, 5.41) is 15.3. The third-order valence-electron chi connectivity index (χ3n) is 3.11. The van der Waals surface area contributed by atoms with E-state index < -0.39 is 0 Å². The highest BCUT2D eigenvalue weighted by atomic mass is 15.6. The molecule has 0 radical (unpaired) electrons. The van der Waals surface area contributed by atoms with Crippen LogP contribution in [0.5, 0.6) is 0 Å². The molecule has 1 saturated carbocycles. The summed E-state index contributed by atoms with van der Waals surface area (Å²) in [5.41, 5.74) is 0. The van der Waals surface area contributed by atoms with Gasteiger partial charge in [-0.1, -0.05) is 6.92 Å². The van der Waals surface area contributed by atoms with Crippen LogP contribution in [-0.4, -0.2) is 26.8 Å². The first-order valence-electron chi connectivity index (χ1n) is 5.75. The fraction of sp³-hybridized carbons (Fsp3) is 0.900. The van der Waals surface area contributed by atoms with Gasteiger partial charge in [-0.05, 0) is 49.6 Å². The largest absolute Gasteiger partial charge is 0.308 e. The van der Waals surface area contributed by atoms with Crippen molar-refractivity contribution in [3.8, 4) is 0 Å². The molecule has 0 aromatic carbocycles. The van der Waals surface area contributed by atoms with Crippen molar-refractivity contribution >= 4 is 0 Å². The van der Waals surface area contributed by atoms with E-state index in [0.717, 1.165) is 18.3 Å². The van der Waals surface area contributed by atoms with Gasteiger partial charge in [0.25, 0.3) is 0 Å². The van der Waals surface area contributed by atoms with Gasteiger partial charge in [0.05, 0.1) is 12.1 Å². The van der Waals surface area contributed by atoms with E-state index >= 15 is 0 Å². The molecule has 1 aliphatic rings. The fourth-order valence-electron chi connectivity index (χ4n) is 1.95. The van der Waals surface area contributed by atoms with Crippen molar-refractivity contribution in [3.05, 3.63) is 5.82 Å². The van der Waals surface area contributed by atoms with Gasteiger partial charge >= 0.3 is 0 Å². The summed E-state index contributed by atoms with van der Waals surface area (Å²) in [7, 11) is 0. The van der Waals surface area contributed by atoms with Crippen molar-refractivity contribution in [3.63, 3.8) is 0 Å². The van der Waals surface area contributed by atoms with E-state index in [4.69, 9.17) is 0 Å². The van der Waals surface area contributed by atoms with Gasteiger partial charge in [0.2, 0.25) is 0 Å². The minimum Gasteiger partial charge on any atom is -0.308 e. The molecule has 5 heteroatoms. The van der Waals surface area contributed by atoms with Crippen molar-refractivity contribution in [2.45, 2.75) is 45.7 Å². The number of aromatic nitrogens is 4. The van der Waals surface area contributed by atoms with Gasteiger partial charge in [0.15, 0.2) is 5.82 Å². The predicted molar refractivity (Wildman–Crippen MR) is 57.3 cm³/mol. The van der Waals surface area contributed by atoms with E-state index in [2.05, 4.69) is 41.6 Å². The molecule has 2 rings (SSSR count). The first-order chi connectivity index (χ1) is 7.24. The fourth-order valence-corrected chi connectivity index (χ4v) is 1.95. The summed E-state index contributed by atoms with van der Waals surface area (Å²) < 4.78 is 1.98. The molecular formula is C10H19N5. The molecule has 1 N–H and O–H groups in total. The number of hydrogen-bond donors (Lipinski definition) is 1. The van der Waals surface area contributed by atoms with Crippen molar-refractivity contribution in [2.75, 3.05) is 6.54 Å².